The first kappa shape index (κ1) is 15.0. The van der Waals surface area contributed by atoms with Gasteiger partial charge < -0.3 is 10.6 Å². The van der Waals surface area contributed by atoms with E-state index in [9.17, 15) is 14.9 Å². The summed E-state index contributed by atoms with van der Waals surface area (Å²) >= 11 is 0. The number of carbonyl (C=O) groups is 1. The highest BCUT2D eigenvalue weighted by molar-refractivity contribution is 5.93. The number of nitro benzene ring substituents is 1. The molecule has 6 nitrogen and oxygen atoms in total. The summed E-state index contributed by atoms with van der Waals surface area (Å²) in [6, 6.07) is 12.8. The molecule has 0 radical (unpaired) electrons. The lowest BCUT2D eigenvalue weighted by molar-refractivity contribution is -0.385. The van der Waals surface area contributed by atoms with Gasteiger partial charge in [-0.3, -0.25) is 14.9 Å². The van der Waals surface area contributed by atoms with Crippen LogP contribution in [0.4, 0.5) is 11.4 Å². The largest absolute Gasteiger partial charge is 0.366 e. The summed E-state index contributed by atoms with van der Waals surface area (Å²) in [6.07, 6.45) is 0.920. The first-order valence-electron chi connectivity index (χ1n) is 7.39. The lowest BCUT2D eigenvalue weighted by atomic mass is 10.1. The van der Waals surface area contributed by atoms with Crippen molar-refractivity contribution in [1.29, 1.82) is 0 Å². The molecule has 23 heavy (non-hydrogen) atoms. The van der Waals surface area contributed by atoms with Gasteiger partial charge in [-0.2, -0.15) is 0 Å². The molecule has 0 spiro atoms. The summed E-state index contributed by atoms with van der Waals surface area (Å²) in [6.45, 7) is 2.52. The Hall–Kier alpha value is -2.89. The fourth-order valence-corrected chi connectivity index (χ4v) is 3.07. The molecule has 2 N–H and O–H groups in total. The third-order valence-electron chi connectivity index (χ3n) is 4.26. The molecule has 1 unspecified atom stereocenters. The van der Waals surface area contributed by atoms with E-state index < -0.39 is 10.8 Å². The number of nitrogens with zero attached hydrogens (tertiary/aromatic N) is 2. The molecule has 0 fully saturated rings. The van der Waals surface area contributed by atoms with Crippen molar-refractivity contribution in [3.05, 3.63) is 69.3 Å². The van der Waals surface area contributed by atoms with Crippen LogP contribution in [-0.4, -0.2) is 16.9 Å². The average Bonchev–Trinajstić information content (AvgIpc) is 2.83. The van der Waals surface area contributed by atoms with Gasteiger partial charge in [0.25, 0.3) is 5.69 Å². The first-order chi connectivity index (χ1) is 11.0. The Morgan fingerprint density at radius 3 is 2.78 bits per heavy atom. The topological polar surface area (TPSA) is 89.5 Å². The maximum Gasteiger partial charge on any atom is 0.275 e. The second-order valence-corrected chi connectivity index (χ2v) is 5.77. The van der Waals surface area contributed by atoms with Crippen molar-refractivity contribution in [2.75, 3.05) is 4.90 Å². The van der Waals surface area contributed by atoms with Crippen LogP contribution >= 0.6 is 0 Å². The molecule has 0 bridgehead atoms. The van der Waals surface area contributed by atoms with Gasteiger partial charge in [-0.1, -0.05) is 18.2 Å². The first-order valence-corrected chi connectivity index (χ1v) is 7.39. The molecular weight excluding hydrogens is 294 g/mol. The fourth-order valence-electron chi connectivity index (χ4n) is 3.07. The van der Waals surface area contributed by atoms with E-state index in [0.717, 1.165) is 12.1 Å². The van der Waals surface area contributed by atoms with Gasteiger partial charge in [-0.05, 0) is 37.1 Å². The van der Waals surface area contributed by atoms with Gasteiger partial charge in [0.2, 0.25) is 5.91 Å². The molecule has 1 amide bonds. The quantitative estimate of drug-likeness (QED) is 0.694. The summed E-state index contributed by atoms with van der Waals surface area (Å²) in [5.74, 6) is -0.667. The molecule has 1 aliphatic rings. The lowest BCUT2D eigenvalue weighted by Crippen LogP contribution is -2.29. The lowest BCUT2D eigenvalue weighted by Gasteiger charge is -2.25. The van der Waals surface area contributed by atoms with E-state index in [0.29, 0.717) is 12.1 Å². The van der Waals surface area contributed by atoms with Crippen LogP contribution in [-0.2, 0) is 13.0 Å². The van der Waals surface area contributed by atoms with Crippen molar-refractivity contribution in [3.63, 3.8) is 0 Å². The monoisotopic (exact) mass is 311 g/mol. The SMILES string of the molecule is CC1Cc2ccccc2N1Cc1ccc(C(N)=O)cc1[N+](=O)[O-]. The van der Waals surface area contributed by atoms with Crippen molar-refractivity contribution in [2.45, 2.75) is 25.9 Å². The Kier molecular flexibility index (Phi) is 3.73. The fraction of sp³-hybridized carbons (Fsp3) is 0.235. The van der Waals surface area contributed by atoms with Crippen LogP contribution in [0, 0.1) is 10.1 Å². The van der Waals surface area contributed by atoms with Gasteiger partial charge >= 0.3 is 0 Å². The van der Waals surface area contributed by atoms with Gasteiger partial charge in [0, 0.05) is 28.9 Å². The highest BCUT2D eigenvalue weighted by atomic mass is 16.6. The smallest absolute Gasteiger partial charge is 0.275 e. The Labute approximate surface area is 133 Å². The van der Waals surface area contributed by atoms with Crippen LogP contribution in [0.2, 0.25) is 0 Å². The Morgan fingerprint density at radius 1 is 1.35 bits per heavy atom. The van der Waals surface area contributed by atoms with Crippen LogP contribution < -0.4 is 10.6 Å². The minimum absolute atomic E-state index is 0.0714. The van der Waals surface area contributed by atoms with E-state index in [2.05, 4.69) is 17.9 Å². The molecule has 118 valence electrons. The van der Waals surface area contributed by atoms with E-state index in [4.69, 9.17) is 5.73 Å². The van der Waals surface area contributed by atoms with E-state index in [1.165, 1.54) is 17.7 Å². The Balaban J connectivity index is 1.97. The summed E-state index contributed by atoms with van der Waals surface area (Å²) in [7, 11) is 0. The minimum atomic E-state index is -0.667. The Morgan fingerprint density at radius 2 is 2.09 bits per heavy atom. The van der Waals surface area contributed by atoms with Crippen LogP contribution in [0.1, 0.15) is 28.4 Å². The number of carbonyl (C=O) groups excluding carboxylic acids is 1. The molecule has 0 saturated heterocycles. The maximum atomic E-state index is 11.3. The molecule has 2 aromatic rings. The molecule has 0 saturated carbocycles. The number of hydrogen-bond donors (Lipinski definition) is 1. The zero-order valence-electron chi connectivity index (χ0n) is 12.7. The highest BCUT2D eigenvalue weighted by Gasteiger charge is 2.27. The molecule has 1 atom stereocenters. The number of anilines is 1. The number of rotatable bonds is 4. The molecular formula is C17H17N3O3. The predicted molar refractivity (Wildman–Crippen MR) is 87.4 cm³/mol. The van der Waals surface area contributed by atoms with Gasteiger partial charge in [-0.15, -0.1) is 0 Å². The molecule has 1 aliphatic heterocycles. The minimum Gasteiger partial charge on any atom is -0.366 e. The number of benzene rings is 2. The summed E-state index contributed by atoms with van der Waals surface area (Å²) in [5.41, 5.74) is 8.21. The average molecular weight is 311 g/mol. The summed E-state index contributed by atoms with van der Waals surface area (Å²) in [5, 5.41) is 11.3. The maximum absolute atomic E-state index is 11.3. The van der Waals surface area contributed by atoms with E-state index >= 15 is 0 Å². The molecule has 0 aliphatic carbocycles. The molecule has 3 rings (SSSR count). The van der Waals surface area contributed by atoms with Gasteiger partial charge in [-0.25, -0.2) is 0 Å². The number of hydrogen-bond acceptors (Lipinski definition) is 4. The summed E-state index contributed by atoms with van der Waals surface area (Å²) in [4.78, 5) is 24.3. The van der Waals surface area contributed by atoms with Crippen molar-refractivity contribution in [2.24, 2.45) is 5.73 Å². The standard InChI is InChI=1S/C17H17N3O3/c1-11-8-12-4-2-3-5-15(12)19(11)10-14-7-6-13(17(18)21)9-16(14)20(22)23/h2-7,9,11H,8,10H2,1H3,(H2,18,21). The van der Waals surface area contributed by atoms with Crippen molar-refractivity contribution >= 4 is 17.3 Å². The molecule has 6 heteroatoms. The van der Waals surface area contributed by atoms with Gasteiger partial charge in [0.15, 0.2) is 0 Å². The van der Waals surface area contributed by atoms with Crippen molar-refractivity contribution in [1.82, 2.24) is 0 Å². The molecule has 1 heterocycles. The Bertz CT molecular complexity index is 788. The predicted octanol–water partition coefficient (Wildman–Crippen LogP) is 2.64. The second-order valence-electron chi connectivity index (χ2n) is 5.77. The van der Waals surface area contributed by atoms with E-state index in [1.807, 2.05) is 18.2 Å². The number of nitro groups is 1. The second kappa shape index (κ2) is 5.72. The zero-order chi connectivity index (χ0) is 16.6. The van der Waals surface area contributed by atoms with E-state index in [-0.39, 0.29) is 17.3 Å². The van der Waals surface area contributed by atoms with Crippen LogP contribution in [0.5, 0.6) is 0 Å². The number of nitrogens with two attached hydrogens (primary N) is 1. The number of fused-ring (bicyclic) bond motifs is 1. The summed E-state index contributed by atoms with van der Waals surface area (Å²) < 4.78 is 0. The highest BCUT2D eigenvalue weighted by Crippen LogP contribution is 2.34. The number of amides is 1. The van der Waals surface area contributed by atoms with Crippen LogP contribution in [0.15, 0.2) is 42.5 Å². The van der Waals surface area contributed by atoms with Crippen LogP contribution in [0.25, 0.3) is 0 Å². The van der Waals surface area contributed by atoms with Crippen molar-refractivity contribution in [3.8, 4) is 0 Å². The van der Waals surface area contributed by atoms with Gasteiger partial charge in [0.05, 0.1) is 11.5 Å². The number of para-hydroxylation sites is 1. The zero-order valence-corrected chi connectivity index (χ0v) is 12.7. The third-order valence-corrected chi connectivity index (χ3v) is 4.26. The molecule has 0 aromatic heterocycles. The molecule has 2 aromatic carbocycles. The normalized spacial score (nSPS) is 16.2. The number of primary amides is 1. The van der Waals surface area contributed by atoms with Crippen LogP contribution in [0.3, 0.4) is 0 Å². The van der Waals surface area contributed by atoms with Crippen molar-refractivity contribution < 1.29 is 9.72 Å². The van der Waals surface area contributed by atoms with Gasteiger partial charge in [0.1, 0.15) is 0 Å². The third kappa shape index (κ3) is 2.75. The van der Waals surface area contributed by atoms with E-state index in [1.54, 1.807) is 6.07 Å².